The van der Waals surface area contributed by atoms with Crippen molar-refractivity contribution >= 4 is 12.1 Å². The second-order valence-corrected chi connectivity index (χ2v) is 10.9. The van der Waals surface area contributed by atoms with Crippen LogP contribution in [0.3, 0.4) is 0 Å². The monoisotopic (exact) mass is 567 g/mol. The topological polar surface area (TPSA) is 85.3 Å². The van der Waals surface area contributed by atoms with Crippen molar-refractivity contribution in [1.82, 2.24) is 4.90 Å². The number of benzene rings is 4. The van der Waals surface area contributed by atoms with Crippen LogP contribution in [0.25, 0.3) is 11.1 Å². The quantitative estimate of drug-likeness (QED) is 0.200. The number of esters is 1. The molecule has 0 bridgehead atoms. The van der Waals surface area contributed by atoms with Crippen LogP contribution in [0.4, 0.5) is 4.79 Å². The molecule has 0 aliphatic rings. The Morgan fingerprint density at radius 3 is 2.07 bits per heavy atom. The minimum Gasteiger partial charge on any atom is -0.465 e. The highest BCUT2D eigenvalue weighted by Gasteiger charge is 2.24. The highest BCUT2D eigenvalue weighted by atomic mass is 16.6. The van der Waals surface area contributed by atoms with E-state index in [1.165, 1.54) is 7.11 Å². The van der Waals surface area contributed by atoms with Crippen LogP contribution in [0.5, 0.6) is 11.5 Å². The molecular formula is C35H37NO6. The van der Waals surface area contributed by atoms with E-state index >= 15 is 0 Å². The van der Waals surface area contributed by atoms with Gasteiger partial charge in [-0.1, -0.05) is 78.9 Å². The number of hydrogen-bond acceptors (Lipinski definition) is 6. The van der Waals surface area contributed by atoms with Crippen LogP contribution in [0.2, 0.25) is 0 Å². The summed E-state index contributed by atoms with van der Waals surface area (Å²) in [6.45, 7) is 5.96. The van der Waals surface area contributed by atoms with Crippen molar-refractivity contribution in [3.63, 3.8) is 0 Å². The molecule has 0 aliphatic carbocycles. The number of nitrogens with zero attached hydrogens (tertiary/aromatic N) is 1. The molecule has 42 heavy (non-hydrogen) atoms. The zero-order valence-corrected chi connectivity index (χ0v) is 24.4. The molecule has 4 aromatic rings. The predicted molar refractivity (Wildman–Crippen MR) is 163 cm³/mol. The van der Waals surface area contributed by atoms with Gasteiger partial charge in [-0.15, -0.1) is 0 Å². The average molecular weight is 568 g/mol. The molecule has 1 amide bonds. The molecule has 4 aromatic carbocycles. The Kier molecular flexibility index (Phi) is 9.99. The summed E-state index contributed by atoms with van der Waals surface area (Å²) in [4.78, 5) is 26.9. The summed E-state index contributed by atoms with van der Waals surface area (Å²) in [5.41, 5.74) is 3.26. The van der Waals surface area contributed by atoms with E-state index in [0.717, 1.165) is 22.3 Å². The third kappa shape index (κ3) is 8.44. The maximum Gasteiger partial charge on any atom is 0.410 e. The lowest BCUT2D eigenvalue weighted by Crippen LogP contribution is -2.40. The molecule has 1 N–H and O–H groups in total. The highest BCUT2D eigenvalue weighted by molar-refractivity contribution is 5.93. The Morgan fingerprint density at radius 2 is 1.45 bits per heavy atom. The van der Waals surface area contributed by atoms with Crippen molar-refractivity contribution in [2.24, 2.45) is 0 Å². The van der Waals surface area contributed by atoms with E-state index in [2.05, 4.69) is 0 Å². The first-order chi connectivity index (χ1) is 20.1. The normalized spacial score (nSPS) is 11.8. The minimum atomic E-state index is -0.832. The van der Waals surface area contributed by atoms with Gasteiger partial charge >= 0.3 is 12.1 Å². The first-order valence-corrected chi connectivity index (χ1v) is 13.9. The van der Waals surface area contributed by atoms with Crippen LogP contribution >= 0.6 is 0 Å². The van der Waals surface area contributed by atoms with E-state index in [4.69, 9.17) is 14.2 Å². The van der Waals surface area contributed by atoms with Gasteiger partial charge < -0.3 is 24.2 Å². The molecule has 0 aromatic heterocycles. The molecule has 4 rings (SSSR count). The van der Waals surface area contributed by atoms with Crippen molar-refractivity contribution in [1.29, 1.82) is 0 Å². The summed E-state index contributed by atoms with van der Waals surface area (Å²) >= 11 is 0. The molecule has 0 fully saturated rings. The van der Waals surface area contributed by atoms with E-state index in [1.54, 1.807) is 11.0 Å². The number of para-hydroxylation sites is 1. The van der Waals surface area contributed by atoms with Gasteiger partial charge in [-0.05, 0) is 73.7 Å². The maximum absolute atomic E-state index is 13.0. The summed E-state index contributed by atoms with van der Waals surface area (Å²) in [7, 11) is 1.34. The van der Waals surface area contributed by atoms with Crippen LogP contribution in [0.15, 0.2) is 103 Å². The number of ether oxygens (including phenoxy) is 3. The SMILES string of the molecule is COC(=O)c1ccc(-c2ccc(CCN(C[C@H](O)c3ccccc3)C(=O)OC(C)(C)C)cc2)cc1Oc1ccccc1. The Balaban J connectivity index is 1.49. The van der Waals surface area contributed by atoms with Crippen molar-refractivity contribution in [2.75, 3.05) is 20.2 Å². The first-order valence-electron chi connectivity index (χ1n) is 13.9. The van der Waals surface area contributed by atoms with Crippen LogP contribution in [0.1, 0.15) is 48.4 Å². The van der Waals surface area contributed by atoms with E-state index in [0.29, 0.717) is 30.0 Å². The number of aliphatic hydroxyl groups is 1. The van der Waals surface area contributed by atoms with E-state index < -0.39 is 23.8 Å². The van der Waals surface area contributed by atoms with Crippen molar-refractivity contribution in [2.45, 2.75) is 38.9 Å². The maximum atomic E-state index is 13.0. The van der Waals surface area contributed by atoms with Crippen LogP contribution in [0, 0.1) is 0 Å². The number of carbonyl (C=O) groups is 2. The Labute approximate surface area is 247 Å². The molecule has 7 nitrogen and oxygen atoms in total. The molecule has 0 unspecified atom stereocenters. The molecule has 0 aliphatic heterocycles. The van der Waals surface area contributed by atoms with Gasteiger partial charge in [-0.25, -0.2) is 9.59 Å². The molecule has 1 atom stereocenters. The van der Waals surface area contributed by atoms with Gasteiger partial charge in [0.05, 0.1) is 19.8 Å². The molecule has 7 heteroatoms. The number of carbonyl (C=O) groups excluding carboxylic acids is 2. The number of methoxy groups -OCH3 is 1. The fourth-order valence-electron chi connectivity index (χ4n) is 4.38. The molecule has 0 spiro atoms. The van der Waals surface area contributed by atoms with Gasteiger partial charge in [0, 0.05) is 6.54 Å². The Hall–Kier alpha value is -4.62. The summed E-state index contributed by atoms with van der Waals surface area (Å²) in [6, 6.07) is 31.9. The predicted octanol–water partition coefficient (Wildman–Crippen LogP) is 7.45. The first kappa shape index (κ1) is 30.3. The van der Waals surface area contributed by atoms with E-state index in [-0.39, 0.29) is 6.54 Å². The third-order valence-corrected chi connectivity index (χ3v) is 6.54. The molecule has 0 saturated carbocycles. The zero-order valence-electron chi connectivity index (χ0n) is 24.4. The Morgan fingerprint density at radius 1 is 0.833 bits per heavy atom. The fourth-order valence-corrected chi connectivity index (χ4v) is 4.38. The third-order valence-electron chi connectivity index (χ3n) is 6.54. The largest absolute Gasteiger partial charge is 0.465 e. The van der Waals surface area contributed by atoms with Crippen LogP contribution in [-0.4, -0.2) is 47.9 Å². The summed E-state index contributed by atoms with van der Waals surface area (Å²) in [6.07, 6.45) is -0.725. The van der Waals surface area contributed by atoms with Crippen molar-refractivity contribution < 1.29 is 28.9 Å². The van der Waals surface area contributed by atoms with Gasteiger partial charge in [0.2, 0.25) is 0 Å². The standard InChI is InChI=1S/C35H37NO6/c1-35(2,3)42-34(39)36(24-31(37)27-11-7-5-8-12-27)22-21-25-15-17-26(18-16-25)28-19-20-30(33(38)40-4)32(23-28)41-29-13-9-6-10-14-29/h5-20,23,31,37H,21-22,24H2,1-4H3/t31-/m0/s1. The number of aliphatic hydroxyl groups excluding tert-OH is 1. The fraction of sp³-hybridized carbons (Fsp3) is 0.257. The molecule has 0 radical (unpaired) electrons. The second kappa shape index (κ2) is 13.8. The molecular weight excluding hydrogens is 530 g/mol. The Bertz CT molecular complexity index is 1460. The van der Waals surface area contributed by atoms with Gasteiger partial charge in [0.25, 0.3) is 0 Å². The highest BCUT2D eigenvalue weighted by Crippen LogP contribution is 2.31. The lowest BCUT2D eigenvalue weighted by atomic mass is 10.0. The van der Waals surface area contributed by atoms with Crippen molar-refractivity contribution in [3.8, 4) is 22.6 Å². The summed E-state index contributed by atoms with van der Waals surface area (Å²) in [5, 5.41) is 10.8. The summed E-state index contributed by atoms with van der Waals surface area (Å²) < 4.78 is 16.6. The van der Waals surface area contributed by atoms with Crippen LogP contribution < -0.4 is 4.74 Å². The van der Waals surface area contributed by atoms with Gasteiger partial charge in [0.15, 0.2) is 0 Å². The van der Waals surface area contributed by atoms with Crippen LogP contribution in [-0.2, 0) is 15.9 Å². The lowest BCUT2D eigenvalue weighted by Gasteiger charge is -2.29. The molecule has 218 valence electrons. The van der Waals surface area contributed by atoms with Gasteiger partial charge in [-0.3, -0.25) is 0 Å². The molecule has 0 heterocycles. The van der Waals surface area contributed by atoms with E-state index in [1.807, 2.05) is 118 Å². The molecule has 0 saturated heterocycles. The van der Waals surface area contributed by atoms with Gasteiger partial charge in [-0.2, -0.15) is 0 Å². The second-order valence-electron chi connectivity index (χ2n) is 10.9. The minimum absolute atomic E-state index is 0.119. The zero-order chi connectivity index (χ0) is 30.1. The number of hydrogen-bond donors (Lipinski definition) is 1. The van der Waals surface area contributed by atoms with Crippen molar-refractivity contribution in [3.05, 3.63) is 120 Å². The summed E-state index contributed by atoms with van der Waals surface area (Å²) in [5.74, 6) is 0.538. The lowest BCUT2D eigenvalue weighted by molar-refractivity contribution is 0.0147. The average Bonchev–Trinajstić information content (AvgIpc) is 2.99. The van der Waals surface area contributed by atoms with Gasteiger partial charge in [0.1, 0.15) is 22.7 Å². The van der Waals surface area contributed by atoms with E-state index in [9.17, 15) is 14.7 Å². The number of rotatable bonds is 10. The number of amides is 1. The smallest absolute Gasteiger partial charge is 0.410 e.